The molecule has 3 atom stereocenters. The lowest BCUT2D eigenvalue weighted by atomic mass is 9.73. The van der Waals surface area contributed by atoms with Gasteiger partial charge in [-0.25, -0.2) is 4.79 Å². The van der Waals surface area contributed by atoms with Crippen LogP contribution >= 0.6 is 0 Å². The van der Waals surface area contributed by atoms with E-state index in [0.29, 0.717) is 0 Å². The summed E-state index contributed by atoms with van der Waals surface area (Å²) in [6.45, 7) is 5.71. The van der Waals surface area contributed by atoms with E-state index in [1.807, 2.05) is 44.2 Å². The normalized spacial score (nSPS) is 22.6. The fraction of sp³-hybridized carbons (Fsp3) is 0.550. The highest BCUT2D eigenvalue weighted by molar-refractivity contribution is 5.79. The van der Waals surface area contributed by atoms with Gasteiger partial charge in [-0.3, -0.25) is 9.59 Å². The molecule has 3 unspecified atom stereocenters. The number of benzene rings is 1. The van der Waals surface area contributed by atoms with Crippen LogP contribution in [-0.2, 0) is 19.1 Å². The first-order valence-corrected chi connectivity index (χ1v) is 9.01. The Morgan fingerprint density at radius 1 is 1.30 bits per heavy atom. The van der Waals surface area contributed by atoms with Gasteiger partial charge in [-0.1, -0.05) is 44.2 Å². The van der Waals surface area contributed by atoms with E-state index in [0.717, 1.165) is 5.56 Å². The number of esters is 1. The second kappa shape index (κ2) is 8.41. The van der Waals surface area contributed by atoms with Crippen molar-refractivity contribution in [3.63, 3.8) is 0 Å². The summed E-state index contributed by atoms with van der Waals surface area (Å²) in [5.41, 5.74) is 0.499. The van der Waals surface area contributed by atoms with Crippen molar-refractivity contribution in [3.05, 3.63) is 35.9 Å². The van der Waals surface area contributed by atoms with E-state index < -0.39 is 23.6 Å². The van der Waals surface area contributed by atoms with Crippen molar-refractivity contribution in [3.8, 4) is 0 Å². The molecule has 0 aromatic heterocycles. The van der Waals surface area contributed by atoms with E-state index in [-0.39, 0.29) is 30.8 Å². The summed E-state index contributed by atoms with van der Waals surface area (Å²) < 4.78 is 10.2. The van der Waals surface area contributed by atoms with Crippen molar-refractivity contribution in [2.75, 3.05) is 14.2 Å². The molecule has 27 heavy (non-hydrogen) atoms. The molecule has 1 aliphatic heterocycles. The third-order valence-corrected chi connectivity index (χ3v) is 5.05. The molecule has 2 rings (SSSR count). The maximum Gasteiger partial charge on any atom is 0.410 e. The SMILES string of the molecule is COC(=O)CC(C)NC(=O)CC1OC(=O)N(C)C(c2ccccc2)C1(C)C. The number of ether oxygens (including phenoxy) is 2. The van der Waals surface area contributed by atoms with E-state index in [9.17, 15) is 14.4 Å². The van der Waals surface area contributed by atoms with Crippen LogP contribution in [0.2, 0.25) is 0 Å². The maximum atomic E-state index is 12.4. The molecule has 1 fully saturated rings. The molecule has 0 saturated carbocycles. The molecule has 1 aromatic carbocycles. The summed E-state index contributed by atoms with van der Waals surface area (Å²) in [4.78, 5) is 37.7. The summed E-state index contributed by atoms with van der Waals surface area (Å²) >= 11 is 0. The van der Waals surface area contributed by atoms with Crippen LogP contribution in [0.25, 0.3) is 0 Å². The Kier molecular flexibility index (Phi) is 6.46. The topological polar surface area (TPSA) is 84.9 Å². The molecule has 0 spiro atoms. The average molecular weight is 376 g/mol. The summed E-state index contributed by atoms with van der Waals surface area (Å²) in [7, 11) is 3.01. The Labute approximate surface area is 160 Å². The minimum absolute atomic E-state index is 0.0292. The Morgan fingerprint density at radius 3 is 2.52 bits per heavy atom. The largest absolute Gasteiger partial charge is 0.469 e. The number of hydrogen-bond acceptors (Lipinski definition) is 5. The molecular weight excluding hydrogens is 348 g/mol. The number of nitrogens with zero attached hydrogens (tertiary/aromatic N) is 1. The molecule has 1 saturated heterocycles. The molecule has 148 valence electrons. The van der Waals surface area contributed by atoms with E-state index in [1.165, 1.54) is 7.11 Å². The van der Waals surface area contributed by atoms with E-state index in [4.69, 9.17) is 4.74 Å². The second-order valence-electron chi connectivity index (χ2n) is 7.57. The highest BCUT2D eigenvalue weighted by Gasteiger charge is 2.49. The van der Waals surface area contributed by atoms with Crippen LogP contribution in [0, 0.1) is 5.41 Å². The lowest BCUT2D eigenvalue weighted by Crippen LogP contribution is -2.54. The average Bonchev–Trinajstić information content (AvgIpc) is 2.60. The standard InChI is InChI=1S/C20H28N2O5/c1-13(11-17(24)26-5)21-16(23)12-15-20(2,3)18(22(4)19(25)27-15)14-9-7-6-8-10-14/h6-10,13,15,18H,11-12H2,1-5H3,(H,21,23). The first kappa shape index (κ1) is 20.7. The van der Waals surface area contributed by atoms with Crippen molar-refractivity contribution in [2.45, 2.75) is 51.8 Å². The molecule has 0 bridgehead atoms. The third-order valence-electron chi connectivity index (χ3n) is 5.05. The van der Waals surface area contributed by atoms with Crippen LogP contribution in [0.1, 0.15) is 45.2 Å². The van der Waals surface area contributed by atoms with Crippen LogP contribution in [0.5, 0.6) is 0 Å². The number of nitrogens with one attached hydrogen (secondary N) is 1. The summed E-state index contributed by atoms with van der Waals surface area (Å²) in [6, 6.07) is 9.13. The van der Waals surface area contributed by atoms with Crippen molar-refractivity contribution in [2.24, 2.45) is 5.41 Å². The van der Waals surface area contributed by atoms with Crippen molar-refractivity contribution >= 4 is 18.0 Å². The van der Waals surface area contributed by atoms with Crippen LogP contribution < -0.4 is 5.32 Å². The predicted octanol–water partition coefficient (Wildman–Crippen LogP) is 2.66. The number of amides is 2. The quantitative estimate of drug-likeness (QED) is 0.772. The van der Waals surface area contributed by atoms with Gasteiger partial charge >= 0.3 is 12.1 Å². The first-order chi connectivity index (χ1) is 12.7. The Morgan fingerprint density at radius 2 is 1.93 bits per heavy atom. The molecule has 1 heterocycles. The zero-order valence-electron chi connectivity index (χ0n) is 16.5. The Bertz CT molecular complexity index is 689. The number of rotatable bonds is 6. The fourth-order valence-corrected chi connectivity index (χ4v) is 3.62. The number of cyclic esters (lactones) is 1. The van der Waals surface area contributed by atoms with Gasteiger partial charge in [0.15, 0.2) is 0 Å². The summed E-state index contributed by atoms with van der Waals surface area (Å²) in [6.07, 6.45) is -0.923. The highest BCUT2D eigenvalue weighted by atomic mass is 16.6. The van der Waals surface area contributed by atoms with Crippen molar-refractivity contribution in [1.29, 1.82) is 0 Å². The molecular formula is C20H28N2O5. The molecule has 2 amide bonds. The zero-order chi connectivity index (χ0) is 20.2. The van der Waals surface area contributed by atoms with E-state index >= 15 is 0 Å². The third kappa shape index (κ3) is 4.78. The van der Waals surface area contributed by atoms with Crippen molar-refractivity contribution < 1.29 is 23.9 Å². The summed E-state index contributed by atoms with van der Waals surface area (Å²) in [5.74, 6) is -0.661. The lowest BCUT2D eigenvalue weighted by Gasteiger charge is -2.48. The number of hydrogen-bond donors (Lipinski definition) is 1. The van der Waals surface area contributed by atoms with Gasteiger partial charge in [-0.2, -0.15) is 0 Å². The summed E-state index contributed by atoms with van der Waals surface area (Å²) in [5, 5.41) is 2.77. The van der Waals surface area contributed by atoms with Gasteiger partial charge in [0.25, 0.3) is 0 Å². The van der Waals surface area contributed by atoms with Crippen molar-refractivity contribution in [1.82, 2.24) is 10.2 Å². The first-order valence-electron chi connectivity index (χ1n) is 9.01. The van der Waals surface area contributed by atoms with Gasteiger partial charge in [0.1, 0.15) is 6.10 Å². The van der Waals surface area contributed by atoms with Crippen LogP contribution in [0.15, 0.2) is 30.3 Å². The Balaban J connectivity index is 2.13. The maximum absolute atomic E-state index is 12.4. The van der Waals surface area contributed by atoms with E-state index in [1.54, 1.807) is 18.9 Å². The van der Waals surface area contributed by atoms with Gasteiger partial charge in [-0.05, 0) is 12.5 Å². The van der Waals surface area contributed by atoms with Gasteiger partial charge in [0, 0.05) is 18.5 Å². The molecule has 1 aromatic rings. The minimum atomic E-state index is -0.586. The molecule has 1 aliphatic rings. The van der Waals surface area contributed by atoms with Gasteiger partial charge in [0.05, 0.1) is 26.0 Å². The lowest BCUT2D eigenvalue weighted by molar-refractivity contribution is -0.141. The molecule has 0 radical (unpaired) electrons. The molecule has 0 aliphatic carbocycles. The number of carbonyl (C=O) groups excluding carboxylic acids is 3. The second-order valence-corrected chi connectivity index (χ2v) is 7.57. The van der Waals surface area contributed by atoms with Gasteiger partial charge < -0.3 is 19.7 Å². The predicted molar refractivity (Wildman–Crippen MR) is 99.9 cm³/mol. The highest BCUT2D eigenvalue weighted by Crippen LogP contribution is 2.46. The van der Waals surface area contributed by atoms with Crippen LogP contribution in [0.3, 0.4) is 0 Å². The van der Waals surface area contributed by atoms with E-state index in [2.05, 4.69) is 10.1 Å². The van der Waals surface area contributed by atoms with Crippen LogP contribution in [-0.4, -0.2) is 49.2 Å². The zero-order valence-corrected chi connectivity index (χ0v) is 16.5. The number of carbonyl (C=O) groups is 3. The van der Waals surface area contributed by atoms with Gasteiger partial charge in [-0.15, -0.1) is 0 Å². The fourth-order valence-electron chi connectivity index (χ4n) is 3.62. The van der Waals surface area contributed by atoms with Gasteiger partial charge in [0.2, 0.25) is 5.91 Å². The smallest absolute Gasteiger partial charge is 0.410 e. The molecule has 7 heteroatoms. The molecule has 1 N–H and O–H groups in total. The van der Waals surface area contributed by atoms with Crippen LogP contribution in [0.4, 0.5) is 4.79 Å². The number of methoxy groups -OCH3 is 1. The Hall–Kier alpha value is -2.57. The monoisotopic (exact) mass is 376 g/mol. The molecule has 7 nitrogen and oxygen atoms in total. The minimum Gasteiger partial charge on any atom is -0.469 e.